The number of ether oxygens (including phenoxy) is 1. The first-order valence-electron chi connectivity index (χ1n) is 9.18. The molecule has 0 unspecified atom stereocenters. The zero-order valence-corrected chi connectivity index (χ0v) is 16.5. The van der Waals surface area contributed by atoms with Crippen LogP contribution in [0.5, 0.6) is 11.5 Å². The molecule has 3 rings (SSSR count). The third kappa shape index (κ3) is 5.55. The van der Waals surface area contributed by atoms with E-state index in [1.807, 2.05) is 0 Å². The van der Waals surface area contributed by atoms with Gasteiger partial charge in [-0.05, 0) is 35.9 Å². The summed E-state index contributed by atoms with van der Waals surface area (Å²) in [4.78, 5) is 27.7. The summed E-state index contributed by atoms with van der Waals surface area (Å²) in [5.74, 6) is -0.0132. The van der Waals surface area contributed by atoms with Gasteiger partial charge in [-0.15, -0.1) is 0 Å². The summed E-state index contributed by atoms with van der Waals surface area (Å²) in [5.41, 5.74) is 0.903. The van der Waals surface area contributed by atoms with E-state index >= 15 is 0 Å². The van der Waals surface area contributed by atoms with E-state index in [-0.39, 0.29) is 29.4 Å². The van der Waals surface area contributed by atoms with Crippen LogP contribution >= 0.6 is 0 Å². The predicted octanol–water partition coefficient (Wildman–Crippen LogP) is 3.57. The van der Waals surface area contributed by atoms with E-state index in [4.69, 9.17) is 10.00 Å². The Balaban J connectivity index is 1.56. The number of nitrogens with one attached hydrogen (secondary N) is 3. The third-order valence-electron chi connectivity index (χ3n) is 4.18. The smallest absolute Gasteiger partial charge is 0.319 e. The fourth-order valence-electron chi connectivity index (χ4n) is 2.63. The second-order valence-corrected chi connectivity index (χ2v) is 6.28. The number of aromatic nitrogens is 1. The second kappa shape index (κ2) is 9.84. The Morgan fingerprint density at radius 2 is 1.90 bits per heavy atom. The fraction of sp³-hybridized carbons (Fsp3) is 0.0909. The van der Waals surface area contributed by atoms with E-state index in [2.05, 4.69) is 20.9 Å². The fourth-order valence-corrected chi connectivity index (χ4v) is 2.63. The van der Waals surface area contributed by atoms with E-state index in [0.29, 0.717) is 11.5 Å². The van der Waals surface area contributed by atoms with Gasteiger partial charge in [0.25, 0.3) is 5.91 Å². The van der Waals surface area contributed by atoms with Crippen molar-refractivity contribution in [2.45, 2.75) is 6.54 Å². The molecule has 1 aromatic heterocycles. The van der Waals surface area contributed by atoms with Crippen LogP contribution in [-0.2, 0) is 6.54 Å². The number of halogens is 1. The summed E-state index contributed by atoms with van der Waals surface area (Å²) < 4.78 is 19.3. The number of benzene rings is 2. The van der Waals surface area contributed by atoms with Crippen LogP contribution < -0.4 is 20.7 Å². The topological polar surface area (TPSA) is 116 Å². The van der Waals surface area contributed by atoms with Crippen molar-refractivity contribution in [2.24, 2.45) is 0 Å². The van der Waals surface area contributed by atoms with Crippen LogP contribution in [0.2, 0.25) is 0 Å². The molecule has 156 valence electrons. The van der Waals surface area contributed by atoms with Gasteiger partial charge in [0.05, 0.1) is 5.69 Å². The molecule has 0 aliphatic heterocycles. The molecule has 0 atom stereocenters. The van der Waals surface area contributed by atoms with E-state index in [9.17, 15) is 14.0 Å². The zero-order valence-electron chi connectivity index (χ0n) is 16.5. The average Bonchev–Trinajstić information content (AvgIpc) is 2.78. The van der Waals surface area contributed by atoms with E-state index in [1.54, 1.807) is 36.4 Å². The molecule has 9 heteroatoms. The van der Waals surface area contributed by atoms with Gasteiger partial charge in [0.1, 0.15) is 34.6 Å². The van der Waals surface area contributed by atoms with Crippen molar-refractivity contribution in [3.63, 3.8) is 0 Å². The third-order valence-corrected chi connectivity index (χ3v) is 4.18. The summed E-state index contributed by atoms with van der Waals surface area (Å²) in [6.07, 6.45) is 1.48. The monoisotopic (exact) mass is 419 g/mol. The van der Waals surface area contributed by atoms with E-state index in [1.165, 1.54) is 31.4 Å². The highest BCUT2D eigenvalue weighted by Crippen LogP contribution is 2.22. The molecule has 3 amide bonds. The minimum absolute atomic E-state index is 0.0947. The normalized spacial score (nSPS) is 9.97. The molecule has 31 heavy (non-hydrogen) atoms. The molecule has 3 N–H and O–H groups in total. The summed E-state index contributed by atoms with van der Waals surface area (Å²) in [6, 6.07) is 15.3. The quantitative estimate of drug-likeness (QED) is 0.565. The molecule has 3 aromatic rings. The number of amides is 3. The van der Waals surface area contributed by atoms with Crippen molar-refractivity contribution < 1.29 is 18.7 Å². The average molecular weight is 419 g/mol. The molecule has 0 radical (unpaired) electrons. The Morgan fingerprint density at radius 1 is 1.13 bits per heavy atom. The molecule has 0 aliphatic rings. The highest BCUT2D eigenvalue weighted by molar-refractivity contribution is 5.92. The van der Waals surface area contributed by atoms with Crippen molar-refractivity contribution in [3.05, 3.63) is 83.4 Å². The highest BCUT2D eigenvalue weighted by Gasteiger charge is 2.11. The first-order chi connectivity index (χ1) is 15.0. The molecule has 0 aliphatic carbocycles. The van der Waals surface area contributed by atoms with Crippen LogP contribution in [0.1, 0.15) is 21.6 Å². The maximum absolute atomic E-state index is 13.6. The first-order valence-corrected chi connectivity index (χ1v) is 9.18. The Kier molecular flexibility index (Phi) is 6.75. The Morgan fingerprint density at radius 3 is 2.61 bits per heavy atom. The molecule has 0 saturated carbocycles. The van der Waals surface area contributed by atoms with Gasteiger partial charge in [0.2, 0.25) is 0 Å². The molecule has 2 aromatic carbocycles. The lowest BCUT2D eigenvalue weighted by Gasteiger charge is -2.10. The highest BCUT2D eigenvalue weighted by atomic mass is 19.1. The van der Waals surface area contributed by atoms with Gasteiger partial charge in [-0.1, -0.05) is 18.2 Å². The summed E-state index contributed by atoms with van der Waals surface area (Å²) in [6.45, 7) is 0.208. The van der Waals surface area contributed by atoms with Crippen LogP contribution in [0.25, 0.3) is 0 Å². The summed E-state index contributed by atoms with van der Waals surface area (Å²) in [5, 5.41) is 16.6. The molecule has 8 nitrogen and oxygen atoms in total. The predicted molar refractivity (Wildman–Crippen MR) is 111 cm³/mol. The van der Waals surface area contributed by atoms with Crippen molar-refractivity contribution >= 4 is 17.6 Å². The molecule has 0 spiro atoms. The molecular formula is C22H18FN5O3. The Hall–Kier alpha value is -4.45. The first kappa shape index (κ1) is 21.3. The maximum atomic E-state index is 13.6. The number of carbonyl (C=O) groups excluding carboxylic acids is 2. The molecule has 1 heterocycles. The van der Waals surface area contributed by atoms with Crippen molar-refractivity contribution in [1.29, 1.82) is 5.26 Å². The van der Waals surface area contributed by atoms with Gasteiger partial charge >= 0.3 is 6.03 Å². The van der Waals surface area contributed by atoms with Crippen LogP contribution in [0.4, 0.5) is 14.9 Å². The number of carbonyl (C=O) groups is 2. The van der Waals surface area contributed by atoms with Crippen molar-refractivity contribution in [1.82, 2.24) is 15.6 Å². The summed E-state index contributed by atoms with van der Waals surface area (Å²) in [7, 11) is 1.52. The lowest BCUT2D eigenvalue weighted by Crippen LogP contribution is -2.28. The molecule has 0 fully saturated rings. The maximum Gasteiger partial charge on any atom is 0.319 e. The van der Waals surface area contributed by atoms with Crippen molar-refractivity contribution in [3.8, 4) is 17.6 Å². The van der Waals surface area contributed by atoms with E-state index < -0.39 is 11.8 Å². The number of anilines is 1. The second-order valence-electron chi connectivity index (χ2n) is 6.28. The minimum atomic E-state index is -0.701. The van der Waals surface area contributed by atoms with Crippen LogP contribution in [0, 0.1) is 17.1 Å². The number of urea groups is 1. The number of hydrogen-bond donors (Lipinski definition) is 3. The van der Waals surface area contributed by atoms with Gasteiger partial charge < -0.3 is 20.7 Å². The van der Waals surface area contributed by atoms with Gasteiger partial charge in [-0.25, -0.2) is 9.18 Å². The molecule has 0 bridgehead atoms. The number of hydrogen-bond acceptors (Lipinski definition) is 5. The van der Waals surface area contributed by atoms with Gasteiger partial charge in [-0.2, -0.15) is 5.26 Å². The SMILES string of the molecule is CNC(=O)c1cc(Oc2ccc(CNC(=O)Nc3cccc(F)c3C#N)cc2)ccn1. The van der Waals surface area contributed by atoms with Crippen LogP contribution in [0.3, 0.4) is 0 Å². The number of nitriles is 1. The van der Waals surface area contributed by atoms with Gasteiger partial charge in [0.15, 0.2) is 0 Å². The van der Waals surface area contributed by atoms with Crippen LogP contribution in [0.15, 0.2) is 60.8 Å². The minimum Gasteiger partial charge on any atom is -0.457 e. The Labute approximate surface area is 177 Å². The summed E-state index contributed by atoms with van der Waals surface area (Å²) >= 11 is 0. The number of pyridine rings is 1. The van der Waals surface area contributed by atoms with Crippen molar-refractivity contribution in [2.75, 3.05) is 12.4 Å². The van der Waals surface area contributed by atoms with Crippen LogP contribution in [-0.4, -0.2) is 24.0 Å². The lowest BCUT2D eigenvalue weighted by molar-refractivity contribution is 0.0958. The lowest BCUT2D eigenvalue weighted by atomic mass is 10.2. The Bertz CT molecular complexity index is 1140. The largest absolute Gasteiger partial charge is 0.457 e. The zero-order chi connectivity index (χ0) is 22.2. The van der Waals surface area contributed by atoms with E-state index in [0.717, 1.165) is 11.6 Å². The number of rotatable bonds is 6. The standard InChI is InChI=1S/C22H18FN5O3/c1-25-21(29)20-11-16(9-10-26-20)31-15-7-5-14(6-8-15)13-27-22(30)28-19-4-2-3-18(23)17(19)12-24/h2-11H,13H2,1H3,(H,25,29)(H2,27,28,30). The number of nitrogens with zero attached hydrogens (tertiary/aromatic N) is 2. The van der Waals surface area contributed by atoms with Gasteiger partial charge in [0, 0.05) is 25.9 Å². The molecule has 0 saturated heterocycles. The van der Waals surface area contributed by atoms with Gasteiger partial charge in [-0.3, -0.25) is 9.78 Å². The molecular weight excluding hydrogens is 401 g/mol.